The van der Waals surface area contributed by atoms with E-state index in [2.05, 4.69) is 5.73 Å². The number of carbonyl (C=O) groups excluding carboxylic acids is 1. The van der Waals surface area contributed by atoms with Crippen LogP contribution in [0.5, 0.6) is 0 Å². The fourth-order valence-electron chi connectivity index (χ4n) is 1.47. The SMILES string of the molecule is NC(=O)O.O=C1OC(CO)CN1c1cccc(F)c1. The van der Waals surface area contributed by atoms with E-state index in [0.717, 1.165) is 0 Å². The lowest BCUT2D eigenvalue weighted by molar-refractivity contribution is 0.0963. The number of carbonyl (C=O) groups is 2. The molecule has 1 atom stereocenters. The molecule has 1 aliphatic heterocycles. The van der Waals surface area contributed by atoms with E-state index in [1.807, 2.05) is 0 Å². The molecular formula is C11H13FN2O5. The first-order chi connectivity index (χ1) is 8.93. The Labute approximate surface area is 108 Å². The Morgan fingerprint density at radius 2 is 2.21 bits per heavy atom. The van der Waals surface area contributed by atoms with Crippen molar-refractivity contribution in [1.82, 2.24) is 0 Å². The van der Waals surface area contributed by atoms with Gasteiger partial charge in [-0.25, -0.2) is 14.0 Å². The number of ether oxygens (including phenoxy) is 1. The minimum absolute atomic E-state index is 0.225. The second kappa shape index (κ2) is 6.55. The summed E-state index contributed by atoms with van der Waals surface area (Å²) >= 11 is 0. The molecule has 4 N–H and O–H groups in total. The van der Waals surface area contributed by atoms with Crippen molar-refractivity contribution in [3.05, 3.63) is 30.1 Å². The molecule has 2 amide bonds. The van der Waals surface area contributed by atoms with E-state index in [-0.39, 0.29) is 13.2 Å². The normalized spacial score (nSPS) is 17.5. The van der Waals surface area contributed by atoms with Gasteiger partial charge in [0.1, 0.15) is 11.9 Å². The zero-order chi connectivity index (χ0) is 14.4. The summed E-state index contributed by atoms with van der Waals surface area (Å²) < 4.78 is 17.7. The summed E-state index contributed by atoms with van der Waals surface area (Å²) in [5, 5.41) is 16.0. The van der Waals surface area contributed by atoms with Crippen LogP contribution in [0.3, 0.4) is 0 Å². The van der Waals surface area contributed by atoms with Gasteiger partial charge in [-0.15, -0.1) is 0 Å². The van der Waals surface area contributed by atoms with Gasteiger partial charge in [0, 0.05) is 0 Å². The van der Waals surface area contributed by atoms with Gasteiger partial charge in [0.2, 0.25) is 0 Å². The number of rotatable bonds is 2. The summed E-state index contributed by atoms with van der Waals surface area (Å²) in [6.45, 7) is 0.0241. The average molecular weight is 272 g/mol. The van der Waals surface area contributed by atoms with Crippen LogP contribution in [0.1, 0.15) is 0 Å². The molecule has 1 unspecified atom stereocenters. The van der Waals surface area contributed by atoms with E-state index in [1.54, 1.807) is 6.07 Å². The number of carboxylic acid groups (broad SMARTS) is 1. The number of amides is 2. The van der Waals surface area contributed by atoms with Crippen LogP contribution in [0, 0.1) is 5.82 Å². The lowest BCUT2D eigenvalue weighted by Crippen LogP contribution is -2.25. The highest BCUT2D eigenvalue weighted by molar-refractivity contribution is 5.89. The predicted molar refractivity (Wildman–Crippen MR) is 63.3 cm³/mol. The highest BCUT2D eigenvalue weighted by Crippen LogP contribution is 2.21. The quantitative estimate of drug-likeness (QED) is 0.735. The number of cyclic esters (lactones) is 1. The van der Waals surface area contributed by atoms with E-state index < -0.39 is 24.1 Å². The summed E-state index contributed by atoms with van der Waals surface area (Å²) in [6.07, 6.45) is -2.42. The monoisotopic (exact) mass is 272 g/mol. The number of primary amides is 1. The molecule has 0 bridgehead atoms. The van der Waals surface area contributed by atoms with Gasteiger partial charge in [0.15, 0.2) is 0 Å². The van der Waals surface area contributed by atoms with Gasteiger partial charge >= 0.3 is 12.2 Å². The molecule has 0 aromatic heterocycles. The standard InChI is InChI=1S/C10H10FNO3.CH3NO2/c11-7-2-1-3-8(4-7)12-5-9(6-13)15-10(12)14;2-1(3)4/h1-4,9,13H,5-6H2;2H2,(H,3,4). The van der Waals surface area contributed by atoms with Gasteiger partial charge in [-0.3, -0.25) is 4.90 Å². The minimum atomic E-state index is -1.33. The zero-order valence-corrected chi connectivity index (χ0v) is 9.82. The number of aliphatic hydroxyl groups is 1. The van der Waals surface area contributed by atoms with E-state index in [4.69, 9.17) is 19.7 Å². The summed E-state index contributed by atoms with van der Waals surface area (Å²) in [5.74, 6) is -0.409. The molecule has 0 radical (unpaired) electrons. The van der Waals surface area contributed by atoms with Gasteiger partial charge in [-0.05, 0) is 18.2 Å². The van der Waals surface area contributed by atoms with Crippen LogP contribution in [0.2, 0.25) is 0 Å². The highest BCUT2D eigenvalue weighted by atomic mass is 19.1. The number of anilines is 1. The number of benzene rings is 1. The van der Waals surface area contributed by atoms with Crippen LogP contribution in [0.25, 0.3) is 0 Å². The van der Waals surface area contributed by atoms with E-state index >= 15 is 0 Å². The van der Waals surface area contributed by atoms with Crippen molar-refractivity contribution < 1.29 is 28.9 Å². The van der Waals surface area contributed by atoms with Crippen molar-refractivity contribution in [2.75, 3.05) is 18.1 Å². The molecule has 1 aromatic rings. The van der Waals surface area contributed by atoms with Crippen LogP contribution < -0.4 is 10.6 Å². The zero-order valence-electron chi connectivity index (χ0n) is 9.82. The molecule has 0 aliphatic carbocycles. The number of halogens is 1. The first kappa shape index (κ1) is 14.7. The van der Waals surface area contributed by atoms with Crippen LogP contribution in [0.4, 0.5) is 19.7 Å². The molecule has 0 saturated carbocycles. The van der Waals surface area contributed by atoms with E-state index in [9.17, 15) is 9.18 Å². The number of aliphatic hydroxyl groups excluding tert-OH is 1. The lowest BCUT2D eigenvalue weighted by Gasteiger charge is -2.12. The number of nitrogens with two attached hydrogens (primary N) is 1. The van der Waals surface area contributed by atoms with E-state index in [1.165, 1.54) is 23.1 Å². The Hall–Kier alpha value is -2.35. The van der Waals surface area contributed by atoms with Crippen molar-refractivity contribution >= 4 is 17.9 Å². The van der Waals surface area contributed by atoms with Crippen LogP contribution >= 0.6 is 0 Å². The lowest BCUT2D eigenvalue weighted by atomic mass is 10.2. The predicted octanol–water partition coefficient (Wildman–Crippen LogP) is 0.766. The van der Waals surface area contributed by atoms with Crippen molar-refractivity contribution in [2.24, 2.45) is 5.73 Å². The van der Waals surface area contributed by atoms with Crippen molar-refractivity contribution in [2.45, 2.75) is 6.10 Å². The fraction of sp³-hybridized carbons (Fsp3) is 0.273. The van der Waals surface area contributed by atoms with Crippen LogP contribution in [-0.4, -0.2) is 41.7 Å². The maximum Gasteiger partial charge on any atom is 0.414 e. The number of hydrogen-bond donors (Lipinski definition) is 3. The first-order valence-electron chi connectivity index (χ1n) is 5.27. The molecule has 8 heteroatoms. The van der Waals surface area contributed by atoms with Crippen molar-refractivity contribution in [3.63, 3.8) is 0 Å². The van der Waals surface area contributed by atoms with Crippen LogP contribution in [0.15, 0.2) is 24.3 Å². The summed E-state index contributed by atoms with van der Waals surface area (Å²) in [4.78, 5) is 21.4. The highest BCUT2D eigenvalue weighted by Gasteiger charge is 2.31. The number of nitrogens with zero attached hydrogens (tertiary/aromatic N) is 1. The molecule has 1 heterocycles. The molecule has 19 heavy (non-hydrogen) atoms. The van der Waals surface area contributed by atoms with Gasteiger partial charge in [-0.2, -0.15) is 0 Å². The smallest absolute Gasteiger partial charge is 0.414 e. The largest absolute Gasteiger partial charge is 0.465 e. The third kappa shape index (κ3) is 4.43. The molecule has 1 aliphatic rings. The molecule has 1 saturated heterocycles. The first-order valence-corrected chi connectivity index (χ1v) is 5.27. The fourth-order valence-corrected chi connectivity index (χ4v) is 1.47. The summed E-state index contributed by atoms with van der Waals surface area (Å²) in [7, 11) is 0. The summed E-state index contributed by atoms with van der Waals surface area (Å²) in [5.41, 5.74) is 4.47. The second-order valence-corrected chi connectivity index (χ2v) is 3.62. The third-order valence-corrected chi connectivity index (χ3v) is 2.20. The van der Waals surface area contributed by atoms with Gasteiger partial charge in [0.05, 0.1) is 18.8 Å². The second-order valence-electron chi connectivity index (χ2n) is 3.62. The molecule has 2 rings (SSSR count). The molecular weight excluding hydrogens is 259 g/mol. The van der Waals surface area contributed by atoms with Crippen molar-refractivity contribution in [3.8, 4) is 0 Å². The minimum Gasteiger partial charge on any atom is -0.465 e. The Balaban J connectivity index is 0.000000399. The maximum atomic E-state index is 12.9. The third-order valence-electron chi connectivity index (χ3n) is 2.20. The Morgan fingerprint density at radius 3 is 2.68 bits per heavy atom. The maximum absolute atomic E-state index is 12.9. The molecule has 1 aromatic carbocycles. The molecule has 0 spiro atoms. The van der Waals surface area contributed by atoms with Crippen molar-refractivity contribution in [1.29, 1.82) is 0 Å². The van der Waals surface area contributed by atoms with Gasteiger partial charge in [-0.1, -0.05) is 6.07 Å². The van der Waals surface area contributed by atoms with E-state index in [0.29, 0.717) is 5.69 Å². The van der Waals surface area contributed by atoms with Gasteiger partial charge < -0.3 is 20.7 Å². The number of hydrogen-bond acceptors (Lipinski definition) is 4. The molecule has 7 nitrogen and oxygen atoms in total. The molecule has 1 fully saturated rings. The van der Waals surface area contributed by atoms with Gasteiger partial charge in [0.25, 0.3) is 0 Å². The topological polar surface area (TPSA) is 113 Å². The Kier molecular flexibility index (Phi) is 5.07. The average Bonchev–Trinajstić information content (AvgIpc) is 2.70. The van der Waals surface area contributed by atoms with Crippen LogP contribution in [-0.2, 0) is 4.74 Å². The molecule has 104 valence electrons. The summed E-state index contributed by atoms with van der Waals surface area (Å²) in [6, 6.07) is 5.68. The Morgan fingerprint density at radius 1 is 1.58 bits per heavy atom. The Bertz CT molecular complexity index is 464.